The van der Waals surface area contributed by atoms with Crippen LogP contribution in [-0.4, -0.2) is 44.1 Å². The Morgan fingerprint density at radius 3 is 1.71 bits per heavy atom. The van der Waals surface area contributed by atoms with Crippen LogP contribution in [0, 0.1) is 0 Å². The SMILES string of the molecule is C[Si](C1=C([Se]c2ccccc2)CCC(C[Se]c2ccccc2)O1)(c1ccccc1)c1ccccc1. The van der Waals surface area contributed by atoms with E-state index in [1.54, 1.807) is 4.47 Å². The zero-order chi connectivity index (χ0) is 23.9. The number of hydrogen-bond acceptors (Lipinski definition) is 1. The molecule has 5 rings (SSSR count). The molecule has 0 saturated carbocycles. The molecular weight excluding hydrogens is 574 g/mol. The molecule has 0 spiro atoms. The van der Waals surface area contributed by atoms with Gasteiger partial charge in [0.05, 0.1) is 0 Å². The fourth-order valence-corrected chi connectivity index (χ4v) is 13.8. The number of ether oxygens (including phenoxy) is 1. The second kappa shape index (κ2) is 11.6. The Morgan fingerprint density at radius 2 is 1.17 bits per heavy atom. The summed E-state index contributed by atoms with van der Waals surface area (Å²) < 4.78 is 11.6. The van der Waals surface area contributed by atoms with Gasteiger partial charge in [0.1, 0.15) is 0 Å². The van der Waals surface area contributed by atoms with Gasteiger partial charge in [-0.05, 0) is 0 Å². The van der Waals surface area contributed by atoms with Crippen molar-refractivity contribution >= 4 is 57.3 Å². The van der Waals surface area contributed by atoms with Crippen molar-refractivity contribution in [3.05, 3.63) is 131 Å². The van der Waals surface area contributed by atoms with E-state index in [0.29, 0.717) is 21.1 Å². The summed E-state index contributed by atoms with van der Waals surface area (Å²) in [6.45, 7) is 2.50. The van der Waals surface area contributed by atoms with Crippen molar-refractivity contribution in [2.45, 2.75) is 30.8 Å². The van der Waals surface area contributed by atoms with E-state index in [1.165, 1.54) is 24.7 Å². The van der Waals surface area contributed by atoms with Gasteiger partial charge >= 0.3 is 224 Å². The zero-order valence-corrected chi connectivity index (χ0v) is 24.4. The van der Waals surface area contributed by atoms with E-state index < -0.39 is 8.07 Å². The van der Waals surface area contributed by atoms with E-state index in [4.69, 9.17) is 4.74 Å². The number of allylic oxidation sites excluding steroid dienone is 1. The molecule has 0 aromatic heterocycles. The second-order valence-corrected chi connectivity index (χ2v) is 17.5. The van der Waals surface area contributed by atoms with Gasteiger partial charge in [0.15, 0.2) is 0 Å². The molecule has 1 heterocycles. The van der Waals surface area contributed by atoms with E-state index in [-0.39, 0.29) is 15.0 Å². The maximum absolute atomic E-state index is 7.14. The van der Waals surface area contributed by atoms with Gasteiger partial charge in [-0.2, -0.15) is 0 Å². The predicted molar refractivity (Wildman–Crippen MR) is 153 cm³/mol. The van der Waals surface area contributed by atoms with Gasteiger partial charge in [0.25, 0.3) is 0 Å². The van der Waals surface area contributed by atoms with Crippen LogP contribution in [0.3, 0.4) is 0 Å². The Bertz CT molecular complexity index is 1200. The normalized spacial score (nSPS) is 16.1. The molecule has 4 aromatic carbocycles. The van der Waals surface area contributed by atoms with Crippen LogP contribution in [0.1, 0.15) is 12.8 Å². The van der Waals surface area contributed by atoms with Crippen molar-refractivity contribution in [2.24, 2.45) is 0 Å². The third-order valence-corrected chi connectivity index (χ3v) is 16.1. The van der Waals surface area contributed by atoms with Gasteiger partial charge in [0.2, 0.25) is 0 Å². The molecule has 1 nitrogen and oxygen atoms in total. The fourth-order valence-electron chi connectivity index (χ4n) is 4.62. The molecule has 4 aromatic rings. The molecule has 1 unspecified atom stereocenters. The van der Waals surface area contributed by atoms with Gasteiger partial charge in [-0.25, -0.2) is 0 Å². The minimum absolute atomic E-state index is 0.268. The van der Waals surface area contributed by atoms with E-state index >= 15 is 0 Å². The average Bonchev–Trinajstić information content (AvgIpc) is 2.94. The van der Waals surface area contributed by atoms with E-state index in [1.807, 2.05) is 0 Å². The quantitative estimate of drug-likeness (QED) is 0.273. The van der Waals surface area contributed by atoms with Crippen molar-refractivity contribution in [1.82, 2.24) is 0 Å². The van der Waals surface area contributed by atoms with Gasteiger partial charge in [-0.15, -0.1) is 0 Å². The Labute approximate surface area is 223 Å². The van der Waals surface area contributed by atoms with Crippen LogP contribution in [0.15, 0.2) is 131 Å². The average molecular weight is 605 g/mol. The van der Waals surface area contributed by atoms with Crippen molar-refractivity contribution < 1.29 is 4.74 Å². The van der Waals surface area contributed by atoms with Crippen LogP contribution in [0.25, 0.3) is 0 Å². The third-order valence-electron chi connectivity index (χ3n) is 6.55. The Balaban J connectivity index is 1.55. The Morgan fingerprint density at radius 1 is 0.686 bits per heavy atom. The van der Waals surface area contributed by atoms with Crippen LogP contribution in [0.5, 0.6) is 0 Å². The summed E-state index contributed by atoms with van der Waals surface area (Å²) in [5, 5.41) is 5.30. The van der Waals surface area contributed by atoms with Gasteiger partial charge in [-0.1, -0.05) is 0 Å². The third kappa shape index (κ3) is 5.75. The molecule has 0 fully saturated rings. The van der Waals surface area contributed by atoms with Crippen molar-refractivity contribution in [3.8, 4) is 0 Å². The first-order chi connectivity index (χ1) is 17.2. The molecule has 4 heteroatoms. The minimum atomic E-state index is -2.29. The molecule has 1 atom stereocenters. The van der Waals surface area contributed by atoms with Crippen molar-refractivity contribution in [1.29, 1.82) is 0 Å². The summed E-state index contributed by atoms with van der Waals surface area (Å²) in [7, 11) is -2.29. The summed E-state index contributed by atoms with van der Waals surface area (Å²) in [6.07, 6.45) is 2.55. The summed E-state index contributed by atoms with van der Waals surface area (Å²) in [4.78, 5) is 0. The first-order valence-electron chi connectivity index (χ1n) is 12.2. The first-order valence-corrected chi connectivity index (χ1v) is 18.4. The van der Waals surface area contributed by atoms with Crippen LogP contribution >= 0.6 is 0 Å². The zero-order valence-electron chi connectivity index (χ0n) is 20.0. The van der Waals surface area contributed by atoms with Crippen LogP contribution in [0.2, 0.25) is 11.9 Å². The van der Waals surface area contributed by atoms with Gasteiger partial charge in [-0.3, -0.25) is 0 Å². The van der Waals surface area contributed by atoms with Crippen LogP contribution in [0.4, 0.5) is 0 Å². The summed E-state index contributed by atoms with van der Waals surface area (Å²) >= 11 is 0.695. The van der Waals surface area contributed by atoms with Gasteiger partial charge in [0, 0.05) is 0 Å². The van der Waals surface area contributed by atoms with E-state index in [0.717, 1.165) is 18.2 Å². The molecule has 1 aliphatic rings. The Hall–Kier alpha value is -2.32. The molecule has 1 aliphatic heterocycles. The summed E-state index contributed by atoms with van der Waals surface area (Å²) in [5.41, 5.74) is 0. The molecule has 0 amide bonds. The Kier molecular flexibility index (Phi) is 8.08. The molecule has 0 bridgehead atoms. The van der Waals surface area contributed by atoms with Crippen molar-refractivity contribution in [3.63, 3.8) is 0 Å². The van der Waals surface area contributed by atoms with Crippen LogP contribution < -0.4 is 19.3 Å². The van der Waals surface area contributed by atoms with Gasteiger partial charge < -0.3 is 0 Å². The standard InChI is InChI=1S/C31H30OSe2Si/c1-35(28-18-10-4-11-19-28,29-20-12-5-13-21-29)31-30(34-27-16-8-3-9-17-27)23-22-25(32-31)24-33-26-14-6-2-7-15-26/h2-21,25H,22-24H2,1H3. The second-order valence-electron chi connectivity index (χ2n) is 8.93. The maximum atomic E-state index is 7.14. The molecule has 0 radical (unpaired) electrons. The summed E-state index contributed by atoms with van der Waals surface area (Å²) in [6, 6.07) is 44.2. The van der Waals surface area contributed by atoms with Crippen molar-refractivity contribution in [2.75, 3.05) is 0 Å². The monoisotopic (exact) mass is 606 g/mol. The topological polar surface area (TPSA) is 9.23 Å². The number of benzene rings is 4. The summed E-state index contributed by atoms with van der Waals surface area (Å²) in [5.74, 6) is 0. The molecular formula is C31H30OSe2Si. The first kappa shape index (κ1) is 24.4. The molecule has 176 valence electrons. The number of hydrogen-bond donors (Lipinski definition) is 0. The molecule has 0 saturated heterocycles. The predicted octanol–water partition coefficient (Wildman–Crippen LogP) is 4.29. The molecule has 0 N–H and O–H groups in total. The van der Waals surface area contributed by atoms with Crippen LogP contribution in [-0.2, 0) is 4.74 Å². The molecule has 35 heavy (non-hydrogen) atoms. The van der Waals surface area contributed by atoms with E-state index in [2.05, 4.69) is 128 Å². The van der Waals surface area contributed by atoms with E-state index in [9.17, 15) is 0 Å². The molecule has 0 aliphatic carbocycles. The fraction of sp³-hybridized carbons (Fsp3) is 0.161. The number of rotatable bonds is 8.